The Bertz CT molecular complexity index is 1340. The zero-order chi connectivity index (χ0) is 33.0. The second kappa shape index (κ2) is 13.5. The van der Waals surface area contributed by atoms with Crippen molar-refractivity contribution in [2.75, 3.05) is 26.1 Å². The first kappa shape index (κ1) is 34.7. The number of benzene rings is 2. The molecular weight excluding hydrogens is 603 g/mol. The lowest BCUT2D eigenvalue weighted by atomic mass is 9.65. The summed E-state index contributed by atoms with van der Waals surface area (Å²) in [6.07, 6.45) is -6.64. The lowest BCUT2D eigenvalue weighted by molar-refractivity contribution is -0.192. The molecule has 0 bridgehead atoms. The van der Waals surface area contributed by atoms with Crippen LogP contribution in [0.25, 0.3) is 0 Å². The summed E-state index contributed by atoms with van der Waals surface area (Å²) in [5.41, 5.74) is -0.354. The van der Waals surface area contributed by atoms with Gasteiger partial charge in [-0.25, -0.2) is 14.0 Å². The van der Waals surface area contributed by atoms with Gasteiger partial charge in [-0.15, -0.1) is 0 Å². The zero-order valence-electron chi connectivity index (χ0n) is 24.4. The molecule has 3 atom stereocenters. The minimum absolute atomic E-state index is 0.122. The third kappa shape index (κ3) is 8.04. The van der Waals surface area contributed by atoms with Gasteiger partial charge >= 0.3 is 24.4 Å². The normalized spacial score (nSPS) is 22.0. The largest absolute Gasteiger partial charge is 0.493 e. The summed E-state index contributed by atoms with van der Waals surface area (Å²) < 4.78 is 95.6. The number of amides is 2. The van der Waals surface area contributed by atoms with Gasteiger partial charge in [-0.1, -0.05) is 6.07 Å². The fourth-order valence-electron chi connectivity index (χ4n) is 5.99. The number of fused-ring (bicyclic) bond motifs is 1. The molecule has 3 N–H and O–H groups in total. The van der Waals surface area contributed by atoms with E-state index in [2.05, 4.69) is 35.4 Å². The van der Waals surface area contributed by atoms with Gasteiger partial charge < -0.3 is 25.2 Å². The van der Waals surface area contributed by atoms with Crippen LogP contribution in [0.1, 0.15) is 50.7 Å². The SMILES string of the molecule is COc1ccc(C23CCC(NC(=O)Nc4cc(F)cc(C(F)(F)F)c4)CC2N(C(C)C)CC3)cc1OC.O=C(O)C(F)(F)F. The van der Waals surface area contributed by atoms with Crippen LogP contribution < -0.4 is 20.1 Å². The second-order valence-electron chi connectivity index (χ2n) is 10.9. The highest BCUT2D eigenvalue weighted by atomic mass is 19.4. The number of hydrogen-bond acceptors (Lipinski definition) is 5. The van der Waals surface area contributed by atoms with Crippen LogP contribution >= 0.6 is 0 Å². The number of rotatable bonds is 6. The van der Waals surface area contributed by atoms with Crippen LogP contribution in [0.5, 0.6) is 11.5 Å². The maximum Gasteiger partial charge on any atom is 0.490 e. The molecule has 244 valence electrons. The Labute approximate surface area is 249 Å². The number of nitrogens with zero attached hydrogens (tertiary/aromatic N) is 1. The van der Waals surface area contributed by atoms with Crippen molar-refractivity contribution in [2.45, 2.75) is 75.4 Å². The van der Waals surface area contributed by atoms with E-state index in [0.717, 1.165) is 31.5 Å². The van der Waals surface area contributed by atoms with Gasteiger partial charge in [-0.05, 0) is 82.0 Å². The number of halogens is 7. The number of anilines is 1. The third-order valence-corrected chi connectivity index (χ3v) is 7.98. The molecule has 1 saturated heterocycles. The van der Waals surface area contributed by atoms with E-state index in [4.69, 9.17) is 19.4 Å². The number of aliphatic carboxylic acids is 1. The van der Waals surface area contributed by atoms with Crippen LogP contribution in [0, 0.1) is 5.82 Å². The van der Waals surface area contributed by atoms with Crippen molar-refractivity contribution in [1.82, 2.24) is 10.2 Å². The zero-order valence-corrected chi connectivity index (χ0v) is 24.4. The first-order chi connectivity index (χ1) is 20.4. The van der Waals surface area contributed by atoms with Crippen molar-refractivity contribution in [3.8, 4) is 11.5 Å². The van der Waals surface area contributed by atoms with Gasteiger partial charge in [0.25, 0.3) is 0 Å². The van der Waals surface area contributed by atoms with E-state index in [9.17, 15) is 35.5 Å². The number of carbonyl (C=O) groups is 2. The molecular formula is C29H34F7N3O5. The highest BCUT2D eigenvalue weighted by molar-refractivity contribution is 5.89. The highest BCUT2D eigenvalue weighted by Crippen LogP contribution is 2.51. The van der Waals surface area contributed by atoms with E-state index >= 15 is 0 Å². The predicted molar refractivity (Wildman–Crippen MR) is 146 cm³/mol. The van der Waals surface area contributed by atoms with Crippen LogP contribution in [0.4, 0.5) is 41.2 Å². The molecule has 2 aliphatic rings. The fourth-order valence-corrected chi connectivity index (χ4v) is 5.99. The summed E-state index contributed by atoms with van der Waals surface area (Å²) >= 11 is 0. The molecule has 2 amide bonds. The van der Waals surface area contributed by atoms with Crippen LogP contribution in [0.15, 0.2) is 36.4 Å². The van der Waals surface area contributed by atoms with Crippen LogP contribution in [0.3, 0.4) is 0 Å². The van der Waals surface area contributed by atoms with Crippen molar-refractivity contribution in [2.24, 2.45) is 0 Å². The number of likely N-dealkylation sites (tertiary alicyclic amines) is 1. The summed E-state index contributed by atoms with van der Waals surface area (Å²) in [5, 5.41) is 12.4. The van der Waals surface area contributed by atoms with Crippen LogP contribution in [0.2, 0.25) is 0 Å². The van der Waals surface area contributed by atoms with Crippen molar-refractivity contribution in [1.29, 1.82) is 0 Å². The predicted octanol–water partition coefficient (Wildman–Crippen LogP) is 6.59. The number of ether oxygens (including phenoxy) is 2. The lowest BCUT2D eigenvalue weighted by Gasteiger charge is -2.46. The van der Waals surface area contributed by atoms with Crippen molar-refractivity contribution < 1.29 is 54.9 Å². The number of alkyl halides is 6. The van der Waals surface area contributed by atoms with E-state index in [0.29, 0.717) is 36.4 Å². The first-order valence-corrected chi connectivity index (χ1v) is 13.6. The molecule has 2 aromatic carbocycles. The van der Waals surface area contributed by atoms with Gasteiger partial charge in [0.2, 0.25) is 0 Å². The molecule has 0 radical (unpaired) electrons. The Balaban J connectivity index is 0.000000676. The molecule has 3 unspecified atom stereocenters. The summed E-state index contributed by atoms with van der Waals surface area (Å²) in [4.78, 5) is 24.0. The molecule has 0 spiro atoms. The molecule has 1 saturated carbocycles. The number of carbonyl (C=O) groups excluding carboxylic acids is 1. The smallest absolute Gasteiger partial charge is 0.490 e. The van der Waals surface area contributed by atoms with Gasteiger partial charge in [0.15, 0.2) is 11.5 Å². The van der Waals surface area contributed by atoms with E-state index < -0.39 is 35.7 Å². The number of carboxylic acid groups (broad SMARTS) is 1. The summed E-state index contributed by atoms with van der Waals surface area (Å²) in [5.74, 6) is -2.49. The molecule has 1 aliphatic heterocycles. The Morgan fingerprint density at radius 2 is 1.64 bits per heavy atom. The fraction of sp³-hybridized carbons (Fsp3) is 0.517. The molecule has 2 aromatic rings. The number of urea groups is 1. The van der Waals surface area contributed by atoms with Crippen molar-refractivity contribution in [3.63, 3.8) is 0 Å². The van der Waals surface area contributed by atoms with Gasteiger partial charge in [0.1, 0.15) is 5.82 Å². The third-order valence-electron chi connectivity index (χ3n) is 7.98. The first-order valence-electron chi connectivity index (χ1n) is 13.6. The Morgan fingerprint density at radius 1 is 1.00 bits per heavy atom. The standard InChI is InChI=1S/C27H33F4N3O3.C2HF3O2/c1-16(2)34-10-9-26(17-5-6-22(36-3)23(13-17)37-4)8-7-20(15-24(26)34)32-25(35)33-21-12-18(27(29,30)31)11-19(28)14-21;3-2(4,5)1(6)7/h5-6,11-14,16,20,24H,7-10,15H2,1-4H3,(H2,32,33,35);(H,6,7). The number of carboxylic acids is 1. The maximum atomic E-state index is 13.7. The topological polar surface area (TPSA) is 100 Å². The number of nitrogens with one attached hydrogen (secondary N) is 2. The lowest BCUT2D eigenvalue weighted by Crippen LogP contribution is -2.54. The summed E-state index contributed by atoms with van der Waals surface area (Å²) in [6.45, 7) is 5.21. The van der Waals surface area contributed by atoms with Gasteiger partial charge in [-0.3, -0.25) is 4.90 Å². The second-order valence-corrected chi connectivity index (χ2v) is 10.9. The minimum atomic E-state index is -5.08. The van der Waals surface area contributed by atoms with Gasteiger partial charge in [0, 0.05) is 29.2 Å². The van der Waals surface area contributed by atoms with E-state index in [1.807, 2.05) is 12.1 Å². The molecule has 1 aliphatic carbocycles. The molecule has 44 heavy (non-hydrogen) atoms. The summed E-state index contributed by atoms with van der Waals surface area (Å²) in [6, 6.07) is 7.65. The molecule has 0 aromatic heterocycles. The Kier molecular flexibility index (Phi) is 10.6. The number of hydrogen-bond donors (Lipinski definition) is 3. The quantitative estimate of drug-likeness (QED) is 0.309. The highest BCUT2D eigenvalue weighted by Gasteiger charge is 2.52. The van der Waals surface area contributed by atoms with E-state index in [1.54, 1.807) is 14.2 Å². The monoisotopic (exact) mass is 637 g/mol. The Hall–Kier alpha value is -3.75. The molecule has 1 heterocycles. The van der Waals surface area contributed by atoms with E-state index in [-0.39, 0.29) is 23.2 Å². The molecule has 8 nitrogen and oxygen atoms in total. The van der Waals surface area contributed by atoms with Gasteiger partial charge in [-0.2, -0.15) is 26.3 Å². The summed E-state index contributed by atoms with van der Waals surface area (Å²) in [7, 11) is 3.21. The maximum absolute atomic E-state index is 13.7. The van der Waals surface area contributed by atoms with Crippen LogP contribution in [-0.2, 0) is 16.4 Å². The molecule has 2 fully saturated rings. The Morgan fingerprint density at radius 3 is 2.18 bits per heavy atom. The van der Waals surface area contributed by atoms with Crippen molar-refractivity contribution in [3.05, 3.63) is 53.3 Å². The van der Waals surface area contributed by atoms with Crippen LogP contribution in [-0.4, -0.2) is 67.1 Å². The van der Waals surface area contributed by atoms with Crippen molar-refractivity contribution >= 4 is 17.7 Å². The minimum Gasteiger partial charge on any atom is -0.493 e. The molecule has 15 heteroatoms. The number of methoxy groups -OCH3 is 2. The van der Waals surface area contributed by atoms with E-state index in [1.165, 1.54) is 5.56 Å². The molecule has 4 rings (SSSR count). The average molecular weight is 638 g/mol. The van der Waals surface area contributed by atoms with Gasteiger partial charge in [0.05, 0.1) is 19.8 Å². The average Bonchev–Trinajstić information content (AvgIpc) is 3.32.